The Balaban J connectivity index is 1.93. The van der Waals surface area contributed by atoms with Crippen LogP contribution < -0.4 is 10.9 Å². The van der Waals surface area contributed by atoms with Crippen molar-refractivity contribution in [1.82, 2.24) is 14.9 Å². The first-order valence-corrected chi connectivity index (χ1v) is 10.9. The third-order valence-corrected chi connectivity index (χ3v) is 6.68. The van der Waals surface area contributed by atoms with Gasteiger partial charge in [0.25, 0.3) is 5.56 Å². The number of carbonyl (C=O) groups excluding carboxylic acids is 1. The minimum Gasteiger partial charge on any atom is -0.383 e. The molecule has 2 aromatic rings. The molecule has 0 radical (unpaired) electrons. The molecule has 0 unspecified atom stereocenters. The smallest absolute Gasteiger partial charge is 0.262 e. The van der Waals surface area contributed by atoms with Crippen LogP contribution in [0.15, 0.2) is 34.2 Å². The molecule has 7 heteroatoms. The fourth-order valence-electron chi connectivity index (χ4n) is 3.91. The maximum absolute atomic E-state index is 13.3. The molecule has 152 valence electrons. The quantitative estimate of drug-likeness (QED) is 0.436. The van der Waals surface area contributed by atoms with Gasteiger partial charge in [-0.2, -0.15) is 0 Å². The van der Waals surface area contributed by atoms with Gasteiger partial charge in [-0.3, -0.25) is 14.2 Å². The Kier molecular flexibility index (Phi) is 7.13. The van der Waals surface area contributed by atoms with Gasteiger partial charge in [-0.25, -0.2) is 4.98 Å². The maximum atomic E-state index is 13.3. The second-order valence-electron chi connectivity index (χ2n) is 7.55. The summed E-state index contributed by atoms with van der Waals surface area (Å²) in [7, 11) is 1.60. The lowest BCUT2D eigenvalue weighted by Gasteiger charge is -2.36. The molecule has 6 nitrogen and oxygen atoms in total. The molecule has 1 N–H and O–H groups in total. The Morgan fingerprint density at radius 2 is 2.11 bits per heavy atom. The van der Waals surface area contributed by atoms with Crippen LogP contribution in [0.3, 0.4) is 0 Å². The number of carbonyl (C=O) groups is 1. The van der Waals surface area contributed by atoms with Gasteiger partial charge in [0.2, 0.25) is 5.91 Å². The number of fused-ring (bicyclic) bond motifs is 1. The van der Waals surface area contributed by atoms with Crippen molar-refractivity contribution in [3.63, 3.8) is 0 Å². The molecular weight excluding hydrogens is 374 g/mol. The van der Waals surface area contributed by atoms with E-state index in [-0.39, 0.29) is 23.3 Å². The SMILES string of the molecule is COCCNC(=O)CSc1nc2ccccc2c(=O)n1[C@H]1CCC[C@@H](C)[C@H]1C. The molecule has 3 atom stereocenters. The third-order valence-electron chi connectivity index (χ3n) is 5.73. The van der Waals surface area contributed by atoms with Crippen molar-refractivity contribution in [3.8, 4) is 0 Å². The van der Waals surface area contributed by atoms with Crippen LogP contribution in [0.5, 0.6) is 0 Å². The molecule has 1 aromatic carbocycles. The number of para-hydroxylation sites is 1. The van der Waals surface area contributed by atoms with Crippen LogP contribution in [0.1, 0.15) is 39.2 Å². The predicted molar refractivity (Wildman–Crippen MR) is 113 cm³/mol. The van der Waals surface area contributed by atoms with Gasteiger partial charge < -0.3 is 10.1 Å². The van der Waals surface area contributed by atoms with Crippen LogP contribution in [-0.4, -0.2) is 41.5 Å². The van der Waals surface area contributed by atoms with Crippen molar-refractivity contribution >= 4 is 28.6 Å². The largest absolute Gasteiger partial charge is 0.383 e. The Hall–Kier alpha value is -1.86. The Morgan fingerprint density at radius 3 is 2.89 bits per heavy atom. The van der Waals surface area contributed by atoms with Crippen molar-refractivity contribution in [2.24, 2.45) is 11.8 Å². The van der Waals surface area contributed by atoms with E-state index in [1.165, 1.54) is 18.2 Å². The summed E-state index contributed by atoms with van der Waals surface area (Å²) < 4.78 is 6.82. The van der Waals surface area contributed by atoms with Gasteiger partial charge in [-0.05, 0) is 30.4 Å². The molecule has 0 saturated heterocycles. The number of hydrogen-bond donors (Lipinski definition) is 1. The number of thioether (sulfide) groups is 1. The highest BCUT2D eigenvalue weighted by molar-refractivity contribution is 7.99. The molecule has 1 amide bonds. The molecule has 1 saturated carbocycles. The summed E-state index contributed by atoms with van der Waals surface area (Å²) >= 11 is 1.34. The first kappa shape index (κ1) is 20.9. The zero-order chi connectivity index (χ0) is 20.1. The topological polar surface area (TPSA) is 73.2 Å². The Labute approximate surface area is 170 Å². The summed E-state index contributed by atoms with van der Waals surface area (Å²) in [4.78, 5) is 30.3. The van der Waals surface area contributed by atoms with Gasteiger partial charge in [-0.1, -0.05) is 50.6 Å². The third kappa shape index (κ3) is 4.58. The molecule has 28 heavy (non-hydrogen) atoms. The van der Waals surface area contributed by atoms with E-state index in [1.54, 1.807) is 7.11 Å². The highest BCUT2D eigenvalue weighted by Gasteiger charge is 2.31. The van der Waals surface area contributed by atoms with Gasteiger partial charge in [0.15, 0.2) is 5.16 Å². The lowest BCUT2D eigenvalue weighted by molar-refractivity contribution is -0.118. The van der Waals surface area contributed by atoms with Gasteiger partial charge in [0.05, 0.1) is 23.3 Å². The molecular formula is C21H29N3O3S. The normalized spacial score (nSPS) is 22.3. The summed E-state index contributed by atoms with van der Waals surface area (Å²) in [6.07, 6.45) is 3.27. The summed E-state index contributed by atoms with van der Waals surface area (Å²) in [5.41, 5.74) is 0.682. The van der Waals surface area contributed by atoms with E-state index in [2.05, 4.69) is 19.2 Å². The van der Waals surface area contributed by atoms with E-state index in [0.29, 0.717) is 41.0 Å². The average molecular weight is 404 g/mol. The standard InChI is InChI=1S/C21H29N3O3S/c1-14-7-6-10-18(15(14)2)24-20(26)16-8-4-5-9-17(16)23-21(24)28-13-19(25)22-11-12-27-3/h4-5,8-9,14-15,18H,6-7,10-13H2,1-3H3,(H,22,25)/t14-,15-,18+/m1/s1. The van der Waals surface area contributed by atoms with Crippen LogP contribution >= 0.6 is 11.8 Å². The van der Waals surface area contributed by atoms with E-state index >= 15 is 0 Å². The number of rotatable bonds is 7. The minimum absolute atomic E-state index is 0.00107. The fraction of sp³-hybridized carbons (Fsp3) is 0.571. The molecule has 0 spiro atoms. The second kappa shape index (κ2) is 9.56. The summed E-state index contributed by atoms with van der Waals surface area (Å²) in [5.74, 6) is 1.10. The minimum atomic E-state index is -0.0823. The van der Waals surface area contributed by atoms with Gasteiger partial charge in [-0.15, -0.1) is 0 Å². The van der Waals surface area contributed by atoms with Crippen molar-refractivity contribution in [2.45, 2.75) is 44.3 Å². The number of methoxy groups -OCH3 is 1. The summed E-state index contributed by atoms with van der Waals surface area (Å²) in [6, 6.07) is 7.57. The van der Waals surface area contributed by atoms with E-state index in [0.717, 1.165) is 12.8 Å². The number of ether oxygens (including phenoxy) is 1. The number of benzene rings is 1. The summed E-state index contributed by atoms with van der Waals surface area (Å²) in [6.45, 7) is 5.44. The average Bonchev–Trinajstić information content (AvgIpc) is 2.69. The number of nitrogens with one attached hydrogen (secondary N) is 1. The van der Waals surface area contributed by atoms with E-state index < -0.39 is 0 Å². The van der Waals surface area contributed by atoms with E-state index in [9.17, 15) is 9.59 Å². The molecule has 1 heterocycles. The predicted octanol–water partition coefficient (Wildman–Crippen LogP) is 3.25. The van der Waals surface area contributed by atoms with Crippen LogP contribution in [0.4, 0.5) is 0 Å². The first-order chi connectivity index (χ1) is 13.5. The Bertz CT molecular complexity index is 883. The second-order valence-corrected chi connectivity index (χ2v) is 8.50. The molecule has 1 fully saturated rings. The number of hydrogen-bond acceptors (Lipinski definition) is 5. The van der Waals surface area contributed by atoms with E-state index in [4.69, 9.17) is 9.72 Å². The van der Waals surface area contributed by atoms with Crippen molar-refractivity contribution in [3.05, 3.63) is 34.6 Å². The maximum Gasteiger partial charge on any atom is 0.262 e. The highest BCUT2D eigenvalue weighted by atomic mass is 32.2. The number of nitrogens with zero attached hydrogens (tertiary/aromatic N) is 2. The molecule has 1 aliphatic carbocycles. The van der Waals surface area contributed by atoms with Crippen molar-refractivity contribution in [1.29, 1.82) is 0 Å². The fourth-order valence-corrected chi connectivity index (χ4v) is 4.79. The van der Waals surface area contributed by atoms with Crippen molar-refractivity contribution < 1.29 is 9.53 Å². The van der Waals surface area contributed by atoms with Crippen molar-refractivity contribution in [2.75, 3.05) is 26.0 Å². The zero-order valence-electron chi connectivity index (χ0n) is 16.8. The molecule has 1 aliphatic rings. The number of aromatic nitrogens is 2. The lowest BCUT2D eigenvalue weighted by Crippen LogP contribution is -2.35. The molecule has 0 aliphatic heterocycles. The van der Waals surface area contributed by atoms with Crippen LogP contribution in [0, 0.1) is 11.8 Å². The Morgan fingerprint density at radius 1 is 1.32 bits per heavy atom. The van der Waals surface area contributed by atoms with Crippen LogP contribution in [0.2, 0.25) is 0 Å². The van der Waals surface area contributed by atoms with Crippen LogP contribution in [-0.2, 0) is 9.53 Å². The molecule has 3 rings (SSSR count). The molecule has 0 bridgehead atoms. The zero-order valence-corrected chi connectivity index (χ0v) is 17.6. The van der Waals surface area contributed by atoms with Crippen LogP contribution in [0.25, 0.3) is 10.9 Å². The lowest BCUT2D eigenvalue weighted by atomic mass is 9.78. The first-order valence-electron chi connectivity index (χ1n) is 9.92. The van der Waals surface area contributed by atoms with Gasteiger partial charge >= 0.3 is 0 Å². The monoisotopic (exact) mass is 403 g/mol. The summed E-state index contributed by atoms with van der Waals surface area (Å²) in [5, 5.41) is 4.10. The van der Waals surface area contributed by atoms with Gasteiger partial charge in [0.1, 0.15) is 0 Å². The highest BCUT2D eigenvalue weighted by Crippen LogP contribution is 2.38. The molecule has 1 aromatic heterocycles. The van der Waals surface area contributed by atoms with Gasteiger partial charge in [0, 0.05) is 19.7 Å². The van der Waals surface area contributed by atoms with E-state index in [1.807, 2.05) is 28.8 Å². The number of amides is 1.